The molecule has 12 aromatic rings. The number of hydrogen-bond donors (Lipinski definition) is 0. The van der Waals surface area contributed by atoms with Gasteiger partial charge >= 0.3 is 0 Å². The van der Waals surface area contributed by atoms with Crippen LogP contribution in [0.2, 0.25) is 0 Å². The molecule has 3 aromatic heterocycles. The summed E-state index contributed by atoms with van der Waals surface area (Å²) >= 11 is 1.76. The summed E-state index contributed by atoms with van der Waals surface area (Å²) in [6.07, 6.45) is 0. The van der Waals surface area contributed by atoms with Crippen molar-refractivity contribution < 1.29 is 0 Å². The third-order valence-corrected chi connectivity index (χ3v) is 12.6. The minimum atomic E-state index is 1.04. The third kappa shape index (κ3) is 5.08. The second-order valence-electron chi connectivity index (χ2n) is 14.8. The van der Waals surface area contributed by atoms with Gasteiger partial charge in [0, 0.05) is 38.5 Å². The van der Waals surface area contributed by atoms with E-state index in [2.05, 4.69) is 209 Å². The number of thiazole rings is 1. The van der Waals surface area contributed by atoms with E-state index >= 15 is 0 Å². The molecule has 0 saturated heterocycles. The van der Waals surface area contributed by atoms with Crippen LogP contribution in [0.1, 0.15) is 0 Å². The van der Waals surface area contributed by atoms with Crippen molar-refractivity contribution in [1.29, 1.82) is 0 Å². The molecule has 0 fully saturated rings. The summed E-state index contributed by atoms with van der Waals surface area (Å²) < 4.78 is 6.13. The number of aromatic nitrogens is 3. The maximum Gasteiger partial charge on any atom is 0.125 e. The number of nitrogens with zero attached hydrogens (tertiary/aromatic N) is 3. The largest absolute Gasteiger partial charge is 0.309 e. The van der Waals surface area contributed by atoms with Gasteiger partial charge in [-0.15, -0.1) is 11.3 Å². The monoisotopic (exact) mass is 743 g/mol. The summed E-state index contributed by atoms with van der Waals surface area (Å²) in [4.78, 5) is 5.14. The van der Waals surface area contributed by atoms with Gasteiger partial charge in [0.15, 0.2) is 0 Å². The zero-order chi connectivity index (χ0) is 37.5. The minimum Gasteiger partial charge on any atom is -0.309 e. The van der Waals surface area contributed by atoms with Gasteiger partial charge in [-0.25, -0.2) is 4.98 Å². The van der Waals surface area contributed by atoms with Crippen molar-refractivity contribution in [2.24, 2.45) is 0 Å². The highest BCUT2D eigenvalue weighted by molar-refractivity contribution is 7.21. The Hall–Kier alpha value is -7.27. The fourth-order valence-corrected chi connectivity index (χ4v) is 9.91. The van der Waals surface area contributed by atoms with Crippen LogP contribution < -0.4 is 0 Å². The molecule has 0 saturated carbocycles. The molecule has 0 radical (unpaired) electrons. The highest BCUT2D eigenvalue weighted by Gasteiger charge is 2.21. The first-order valence-electron chi connectivity index (χ1n) is 19.4. The number of para-hydroxylation sites is 3. The zero-order valence-corrected chi connectivity index (χ0v) is 31.6. The van der Waals surface area contributed by atoms with E-state index in [1.54, 1.807) is 11.3 Å². The standard InChI is InChI=1S/C53H33N3S/c1-3-15-34(16-4-1)37-27-38(35-17-5-2-6-18-35)30-39(29-37)55-48-24-12-9-21-42(48)44-33-51-45(32-50(44)55)43-22-10-13-25-49(43)56(51)40-28-36-19-7-8-20-41(36)46(31-40)53-54-47-23-11-14-26-52(47)57-53/h1-33H. The van der Waals surface area contributed by atoms with Crippen molar-refractivity contribution in [2.45, 2.75) is 0 Å². The van der Waals surface area contributed by atoms with Crippen LogP contribution in [-0.2, 0) is 0 Å². The van der Waals surface area contributed by atoms with Crippen molar-refractivity contribution in [2.75, 3.05) is 0 Å². The molecule has 3 nitrogen and oxygen atoms in total. The molecule has 0 amide bonds. The van der Waals surface area contributed by atoms with Gasteiger partial charge in [-0.1, -0.05) is 133 Å². The normalized spacial score (nSPS) is 11.9. The van der Waals surface area contributed by atoms with Gasteiger partial charge in [0.25, 0.3) is 0 Å². The number of rotatable bonds is 5. The lowest BCUT2D eigenvalue weighted by molar-refractivity contribution is 1.18. The molecule has 266 valence electrons. The van der Waals surface area contributed by atoms with E-state index in [1.165, 1.54) is 81.3 Å². The van der Waals surface area contributed by atoms with Gasteiger partial charge in [0.2, 0.25) is 0 Å². The molecule has 57 heavy (non-hydrogen) atoms. The summed E-state index contributed by atoms with van der Waals surface area (Å²) in [6.45, 7) is 0. The van der Waals surface area contributed by atoms with Gasteiger partial charge in [-0.2, -0.15) is 0 Å². The fourth-order valence-electron chi connectivity index (χ4n) is 8.91. The highest BCUT2D eigenvalue weighted by atomic mass is 32.1. The fraction of sp³-hybridized carbons (Fsp3) is 0. The molecular weight excluding hydrogens is 711 g/mol. The van der Waals surface area contributed by atoms with Gasteiger partial charge in [0.1, 0.15) is 5.01 Å². The zero-order valence-electron chi connectivity index (χ0n) is 30.8. The highest BCUT2D eigenvalue weighted by Crippen LogP contribution is 2.43. The Morgan fingerprint density at radius 1 is 0.351 bits per heavy atom. The molecule has 0 atom stereocenters. The van der Waals surface area contributed by atoms with E-state index in [1.807, 2.05) is 0 Å². The molecular formula is C53H33N3S. The molecule has 12 rings (SSSR count). The summed E-state index contributed by atoms with van der Waals surface area (Å²) in [5, 5.41) is 8.34. The van der Waals surface area contributed by atoms with E-state index in [9.17, 15) is 0 Å². The van der Waals surface area contributed by atoms with Gasteiger partial charge < -0.3 is 9.13 Å². The molecule has 0 spiro atoms. The molecule has 0 unspecified atom stereocenters. The van der Waals surface area contributed by atoms with Crippen LogP contribution >= 0.6 is 11.3 Å². The SMILES string of the molecule is c1ccc(-c2cc(-c3ccccc3)cc(-n3c4ccccc4c4cc5c(cc43)c3ccccc3n5-c3cc(-c4nc5ccccc5s4)c4ccccc4c3)c2)cc1. The lowest BCUT2D eigenvalue weighted by atomic mass is 9.98. The Labute approximate surface area is 333 Å². The van der Waals surface area contributed by atoms with E-state index in [0.29, 0.717) is 0 Å². The van der Waals surface area contributed by atoms with Crippen LogP contribution in [0.25, 0.3) is 109 Å². The van der Waals surface area contributed by atoms with Crippen LogP contribution in [0.5, 0.6) is 0 Å². The van der Waals surface area contributed by atoms with Crippen LogP contribution in [0.3, 0.4) is 0 Å². The molecule has 0 aliphatic heterocycles. The Morgan fingerprint density at radius 3 is 1.47 bits per heavy atom. The molecule has 3 heterocycles. The van der Waals surface area contributed by atoms with Crippen molar-refractivity contribution in [3.8, 4) is 44.2 Å². The lowest BCUT2D eigenvalue weighted by Gasteiger charge is -2.14. The van der Waals surface area contributed by atoms with E-state index in [0.717, 1.165) is 27.5 Å². The molecule has 0 aliphatic rings. The third-order valence-electron chi connectivity index (χ3n) is 11.5. The second kappa shape index (κ2) is 12.6. The van der Waals surface area contributed by atoms with Gasteiger partial charge in [-0.3, -0.25) is 0 Å². The van der Waals surface area contributed by atoms with Crippen molar-refractivity contribution >= 4 is 75.9 Å². The lowest BCUT2D eigenvalue weighted by Crippen LogP contribution is -1.97. The van der Waals surface area contributed by atoms with Crippen LogP contribution in [-0.4, -0.2) is 14.1 Å². The summed E-state index contributed by atoms with van der Waals surface area (Å²) in [5.74, 6) is 0. The first kappa shape index (κ1) is 32.0. The maximum atomic E-state index is 5.14. The van der Waals surface area contributed by atoms with E-state index < -0.39 is 0 Å². The quantitative estimate of drug-likeness (QED) is 0.172. The van der Waals surface area contributed by atoms with Gasteiger partial charge in [-0.05, 0) is 99.8 Å². The molecule has 9 aromatic carbocycles. The Balaban J connectivity index is 1.15. The number of fused-ring (bicyclic) bond motifs is 8. The Kier molecular flexibility index (Phi) is 7.10. The topological polar surface area (TPSA) is 22.8 Å². The number of benzene rings is 9. The Morgan fingerprint density at radius 2 is 0.860 bits per heavy atom. The summed E-state index contributed by atoms with van der Waals surface area (Å²) in [6, 6.07) is 72.8. The van der Waals surface area contributed by atoms with Crippen molar-refractivity contribution in [3.05, 3.63) is 200 Å². The van der Waals surface area contributed by atoms with Crippen LogP contribution in [0.15, 0.2) is 200 Å². The predicted molar refractivity (Wildman–Crippen MR) is 242 cm³/mol. The molecule has 0 aliphatic carbocycles. The predicted octanol–water partition coefficient (Wildman–Crippen LogP) is 14.6. The molecule has 4 heteroatoms. The van der Waals surface area contributed by atoms with E-state index in [4.69, 9.17) is 4.98 Å². The average Bonchev–Trinajstić information content (AvgIpc) is 3.96. The molecule has 0 N–H and O–H groups in total. The number of hydrogen-bond acceptors (Lipinski definition) is 2. The Bertz CT molecular complexity index is 3430. The van der Waals surface area contributed by atoms with E-state index in [-0.39, 0.29) is 0 Å². The first-order valence-corrected chi connectivity index (χ1v) is 20.2. The van der Waals surface area contributed by atoms with Crippen molar-refractivity contribution in [3.63, 3.8) is 0 Å². The average molecular weight is 744 g/mol. The second-order valence-corrected chi connectivity index (χ2v) is 15.8. The smallest absolute Gasteiger partial charge is 0.125 e. The van der Waals surface area contributed by atoms with Crippen LogP contribution in [0, 0.1) is 0 Å². The minimum absolute atomic E-state index is 1.04. The van der Waals surface area contributed by atoms with Gasteiger partial charge in [0.05, 0.1) is 32.3 Å². The maximum absolute atomic E-state index is 5.14. The first-order chi connectivity index (χ1) is 28.2. The van der Waals surface area contributed by atoms with Crippen molar-refractivity contribution in [1.82, 2.24) is 14.1 Å². The van der Waals surface area contributed by atoms with Crippen LogP contribution in [0.4, 0.5) is 0 Å². The summed E-state index contributed by atoms with van der Waals surface area (Å²) in [5.41, 5.74) is 14.0. The summed E-state index contributed by atoms with van der Waals surface area (Å²) in [7, 11) is 0. The molecule has 0 bridgehead atoms.